The number of aromatic nitrogens is 1. The van der Waals surface area contributed by atoms with Crippen LogP contribution < -0.4 is 5.56 Å². The van der Waals surface area contributed by atoms with Crippen LogP contribution in [-0.2, 0) is 6.54 Å². The van der Waals surface area contributed by atoms with E-state index in [0.717, 1.165) is 12.3 Å². The molecule has 88 valence electrons. The van der Waals surface area contributed by atoms with Gasteiger partial charge < -0.3 is 4.57 Å². The lowest BCUT2D eigenvalue weighted by molar-refractivity contribution is 0.286. The second-order valence-corrected chi connectivity index (χ2v) is 5.82. The number of rotatable bonds is 3. The van der Waals surface area contributed by atoms with Gasteiger partial charge in [0.05, 0.1) is 4.47 Å². The molecular formula is C12H16BrNOS. The van der Waals surface area contributed by atoms with Crippen LogP contribution in [0.4, 0.5) is 0 Å². The first-order chi connectivity index (χ1) is 7.67. The first-order valence-corrected chi connectivity index (χ1v) is 7.05. The number of pyridine rings is 1. The normalized spacial score (nSPS) is 18.9. The van der Waals surface area contributed by atoms with Crippen molar-refractivity contribution in [1.29, 1.82) is 0 Å². The van der Waals surface area contributed by atoms with Crippen molar-refractivity contribution in [2.45, 2.75) is 32.2 Å². The molecular weight excluding hydrogens is 286 g/mol. The third-order valence-electron chi connectivity index (χ3n) is 3.48. The second-order valence-electron chi connectivity index (χ2n) is 4.65. The van der Waals surface area contributed by atoms with E-state index in [1.165, 1.54) is 25.7 Å². The van der Waals surface area contributed by atoms with E-state index < -0.39 is 0 Å². The van der Waals surface area contributed by atoms with Crippen molar-refractivity contribution >= 4 is 28.6 Å². The van der Waals surface area contributed by atoms with Crippen LogP contribution in [0.3, 0.4) is 0 Å². The van der Waals surface area contributed by atoms with E-state index in [9.17, 15) is 4.79 Å². The fourth-order valence-electron chi connectivity index (χ4n) is 2.48. The van der Waals surface area contributed by atoms with Crippen molar-refractivity contribution in [1.82, 2.24) is 4.57 Å². The molecule has 1 aromatic rings. The Morgan fingerprint density at radius 3 is 2.75 bits per heavy atom. The first-order valence-electron chi connectivity index (χ1n) is 5.63. The molecule has 0 atom stereocenters. The highest BCUT2D eigenvalue weighted by Gasteiger charge is 2.33. The second kappa shape index (κ2) is 4.96. The zero-order valence-corrected chi connectivity index (χ0v) is 11.6. The van der Waals surface area contributed by atoms with Gasteiger partial charge in [-0.3, -0.25) is 4.79 Å². The molecule has 1 aliphatic rings. The van der Waals surface area contributed by atoms with Gasteiger partial charge in [-0.2, -0.15) is 12.6 Å². The lowest BCUT2D eigenvalue weighted by Crippen LogP contribution is -2.31. The van der Waals surface area contributed by atoms with E-state index in [0.29, 0.717) is 4.47 Å². The van der Waals surface area contributed by atoms with Gasteiger partial charge in [0, 0.05) is 12.7 Å². The molecule has 0 amide bonds. The molecule has 4 heteroatoms. The highest BCUT2D eigenvalue weighted by molar-refractivity contribution is 9.10. The van der Waals surface area contributed by atoms with Crippen molar-refractivity contribution in [2.75, 3.05) is 5.75 Å². The summed E-state index contributed by atoms with van der Waals surface area (Å²) < 4.78 is 2.45. The Morgan fingerprint density at radius 2 is 2.12 bits per heavy atom. The Hall–Kier alpha value is -0.220. The quantitative estimate of drug-likeness (QED) is 0.852. The van der Waals surface area contributed by atoms with Gasteiger partial charge in [-0.25, -0.2) is 0 Å². The van der Waals surface area contributed by atoms with E-state index in [4.69, 9.17) is 0 Å². The molecule has 1 aromatic heterocycles. The standard InChI is InChI=1S/C12H16BrNOS/c13-10-4-3-7-14(11(10)15)8-12(9-16)5-1-2-6-12/h3-4,7,16H,1-2,5-6,8-9H2. The molecule has 1 heterocycles. The number of hydrogen-bond acceptors (Lipinski definition) is 2. The van der Waals surface area contributed by atoms with Gasteiger partial charge in [-0.15, -0.1) is 0 Å². The molecule has 0 bridgehead atoms. The first kappa shape index (κ1) is 12.2. The highest BCUT2D eigenvalue weighted by Crippen LogP contribution is 2.40. The molecule has 16 heavy (non-hydrogen) atoms. The van der Waals surface area contributed by atoms with Gasteiger partial charge in [0.25, 0.3) is 5.56 Å². The lowest BCUT2D eigenvalue weighted by atomic mass is 9.88. The average Bonchev–Trinajstić information content (AvgIpc) is 2.74. The summed E-state index contributed by atoms with van der Waals surface area (Å²) in [6.07, 6.45) is 6.79. The molecule has 1 saturated carbocycles. The van der Waals surface area contributed by atoms with Gasteiger partial charge in [-0.1, -0.05) is 12.8 Å². The summed E-state index contributed by atoms with van der Waals surface area (Å²) in [6.45, 7) is 0.800. The van der Waals surface area contributed by atoms with Gasteiger partial charge in [0.1, 0.15) is 0 Å². The van der Waals surface area contributed by atoms with Crippen molar-refractivity contribution in [2.24, 2.45) is 5.41 Å². The summed E-state index contributed by atoms with van der Waals surface area (Å²) in [4.78, 5) is 11.9. The summed E-state index contributed by atoms with van der Waals surface area (Å²) in [5.41, 5.74) is 0.295. The number of hydrogen-bond donors (Lipinski definition) is 1. The molecule has 0 unspecified atom stereocenters. The van der Waals surface area contributed by atoms with Crippen LogP contribution >= 0.6 is 28.6 Å². The predicted octanol–water partition coefficient (Wildman–Crippen LogP) is 3.10. The van der Waals surface area contributed by atoms with Crippen LogP contribution in [0.5, 0.6) is 0 Å². The van der Waals surface area contributed by atoms with Gasteiger partial charge >= 0.3 is 0 Å². The van der Waals surface area contributed by atoms with E-state index in [-0.39, 0.29) is 11.0 Å². The maximum Gasteiger partial charge on any atom is 0.264 e. The molecule has 0 N–H and O–H groups in total. The van der Waals surface area contributed by atoms with Crippen LogP contribution in [0.1, 0.15) is 25.7 Å². The molecule has 0 aromatic carbocycles. The molecule has 0 saturated heterocycles. The van der Waals surface area contributed by atoms with Crippen molar-refractivity contribution < 1.29 is 0 Å². The Bertz CT molecular complexity index is 423. The highest BCUT2D eigenvalue weighted by atomic mass is 79.9. The third-order valence-corrected chi connectivity index (χ3v) is 4.75. The topological polar surface area (TPSA) is 22.0 Å². The zero-order chi connectivity index (χ0) is 11.6. The van der Waals surface area contributed by atoms with E-state index >= 15 is 0 Å². The van der Waals surface area contributed by atoms with Gasteiger partial charge in [0.2, 0.25) is 0 Å². The number of nitrogens with zero attached hydrogens (tertiary/aromatic N) is 1. The van der Waals surface area contributed by atoms with Gasteiger partial charge in [-0.05, 0) is 52.1 Å². The Balaban J connectivity index is 2.26. The smallest absolute Gasteiger partial charge is 0.264 e. The third kappa shape index (κ3) is 2.38. The molecule has 0 radical (unpaired) electrons. The Labute approximate surface area is 110 Å². The molecule has 0 spiro atoms. The molecule has 0 aliphatic heterocycles. The SMILES string of the molecule is O=c1c(Br)cccn1CC1(CS)CCCC1. The van der Waals surface area contributed by atoms with E-state index in [1.54, 1.807) is 6.07 Å². The van der Waals surface area contributed by atoms with Gasteiger partial charge in [0.15, 0.2) is 0 Å². The van der Waals surface area contributed by atoms with Crippen LogP contribution in [-0.4, -0.2) is 10.3 Å². The van der Waals surface area contributed by atoms with E-state index in [2.05, 4.69) is 28.6 Å². The summed E-state index contributed by atoms with van der Waals surface area (Å²) in [6, 6.07) is 3.70. The maximum atomic E-state index is 11.9. The maximum absolute atomic E-state index is 11.9. The summed E-state index contributed by atoms with van der Waals surface area (Å²) in [7, 11) is 0. The fraction of sp³-hybridized carbons (Fsp3) is 0.583. The number of thiol groups is 1. The Kier molecular flexibility index (Phi) is 3.80. The monoisotopic (exact) mass is 301 g/mol. The van der Waals surface area contributed by atoms with Crippen molar-refractivity contribution in [3.8, 4) is 0 Å². The molecule has 1 aliphatic carbocycles. The minimum Gasteiger partial charge on any atom is -0.314 e. The lowest BCUT2D eigenvalue weighted by Gasteiger charge is -2.27. The summed E-state index contributed by atoms with van der Waals surface area (Å²) in [5, 5.41) is 0. The number of halogens is 1. The zero-order valence-electron chi connectivity index (χ0n) is 9.16. The van der Waals surface area contributed by atoms with Crippen LogP contribution in [0.2, 0.25) is 0 Å². The molecule has 2 rings (SSSR count). The predicted molar refractivity (Wildman–Crippen MR) is 73.2 cm³/mol. The van der Waals surface area contributed by atoms with Crippen molar-refractivity contribution in [3.63, 3.8) is 0 Å². The summed E-state index contributed by atoms with van der Waals surface area (Å²) >= 11 is 7.75. The molecule has 2 nitrogen and oxygen atoms in total. The molecule has 1 fully saturated rings. The van der Waals surface area contributed by atoms with Crippen LogP contribution in [0.25, 0.3) is 0 Å². The van der Waals surface area contributed by atoms with Crippen molar-refractivity contribution in [3.05, 3.63) is 33.2 Å². The van der Waals surface area contributed by atoms with Crippen LogP contribution in [0.15, 0.2) is 27.6 Å². The Morgan fingerprint density at radius 1 is 1.44 bits per heavy atom. The summed E-state index contributed by atoms with van der Waals surface area (Å²) in [5.74, 6) is 0.867. The minimum absolute atomic E-state index is 0.0653. The van der Waals surface area contributed by atoms with E-state index in [1.807, 2.05) is 16.8 Å². The van der Waals surface area contributed by atoms with Crippen LogP contribution in [0, 0.1) is 5.41 Å². The fourth-order valence-corrected chi connectivity index (χ4v) is 3.28. The average molecular weight is 302 g/mol. The minimum atomic E-state index is 0.0653. The largest absolute Gasteiger partial charge is 0.314 e.